The Bertz CT molecular complexity index is 975. The Kier molecular flexibility index (Phi) is 7.19. The molecule has 0 aliphatic carbocycles. The molecule has 1 aliphatic heterocycles. The van der Waals surface area contributed by atoms with E-state index in [4.69, 9.17) is 23.2 Å². The number of nitrogens with one attached hydrogen (secondary N) is 2. The molecule has 0 bridgehead atoms. The second-order valence-corrected chi connectivity index (χ2v) is 10.0. The Morgan fingerprint density at radius 2 is 1.76 bits per heavy atom. The van der Waals surface area contributed by atoms with Crippen LogP contribution < -0.4 is 10.2 Å². The fourth-order valence-electron chi connectivity index (χ4n) is 3.32. The smallest absolute Gasteiger partial charge is 0.279 e. The molecular formula is C20H24Cl2N3O3S+. The standard InChI is InChI=1S/C20H23Cl2N3O3S/c1-24(13-15-4-5-16(21)12-19(15)22)14-20(26)23-17-6-8-18(9-7-17)29(27,28)25-10-2-3-11-25/h4-9,12H,2-3,10-11,13-14H2,1H3,(H,23,26)/p+1. The molecule has 6 nitrogen and oxygen atoms in total. The number of hydrogen-bond acceptors (Lipinski definition) is 3. The van der Waals surface area contributed by atoms with Crippen LogP contribution in [0.5, 0.6) is 0 Å². The third-order valence-electron chi connectivity index (χ3n) is 4.81. The average molecular weight is 457 g/mol. The molecule has 0 saturated carbocycles. The SMILES string of the molecule is C[NH+](CC(=O)Nc1ccc(S(=O)(=O)N2CCCC2)cc1)Cc1ccc(Cl)cc1Cl. The fraction of sp³-hybridized carbons (Fsp3) is 0.350. The van der Waals surface area contributed by atoms with E-state index in [1.54, 1.807) is 24.3 Å². The lowest BCUT2D eigenvalue weighted by Crippen LogP contribution is -3.08. The highest BCUT2D eigenvalue weighted by Gasteiger charge is 2.27. The Hall–Kier alpha value is -1.64. The summed E-state index contributed by atoms with van der Waals surface area (Å²) in [7, 11) is -1.55. The van der Waals surface area contributed by atoms with Crippen LogP contribution >= 0.6 is 23.2 Å². The van der Waals surface area contributed by atoms with Gasteiger partial charge in [-0.05, 0) is 49.2 Å². The highest BCUT2D eigenvalue weighted by molar-refractivity contribution is 7.89. The molecule has 1 atom stereocenters. The van der Waals surface area contributed by atoms with Gasteiger partial charge >= 0.3 is 0 Å². The summed E-state index contributed by atoms with van der Waals surface area (Å²) in [5.74, 6) is -0.164. The zero-order valence-corrected chi connectivity index (χ0v) is 18.4. The molecule has 0 spiro atoms. The van der Waals surface area contributed by atoms with Crippen LogP contribution in [0.15, 0.2) is 47.4 Å². The van der Waals surface area contributed by atoms with Crippen LogP contribution in [0.25, 0.3) is 0 Å². The molecule has 2 aromatic rings. The Balaban J connectivity index is 1.56. The number of anilines is 1. The van der Waals surface area contributed by atoms with E-state index in [9.17, 15) is 13.2 Å². The number of carbonyl (C=O) groups excluding carboxylic acids is 1. The molecule has 0 aromatic heterocycles. The summed E-state index contributed by atoms with van der Waals surface area (Å²) >= 11 is 12.1. The van der Waals surface area contributed by atoms with Gasteiger partial charge in [0.2, 0.25) is 10.0 Å². The molecule has 1 aliphatic rings. The number of hydrogen-bond donors (Lipinski definition) is 2. The zero-order valence-electron chi connectivity index (χ0n) is 16.1. The van der Waals surface area contributed by atoms with E-state index in [0.717, 1.165) is 23.3 Å². The van der Waals surface area contributed by atoms with Crippen molar-refractivity contribution >= 4 is 44.8 Å². The maximum Gasteiger partial charge on any atom is 0.279 e. The van der Waals surface area contributed by atoms with Gasteiger partial charge in [-0.1, -0.05) is 29.3 Å². The topological polar surface area (TPSA) is 70.9 Å². The number of quaternary nitrogens is 1. The largest absolute Gasteiger partial charge is 0.326 e. The lowest BCUT2D eigenvalue weighted by molar-refractivity contribution is -0.885. The summed E-state index contributed by atoms with van der Waals surface area (Å²) < 4.78 is 26.6. The van der Waals surface area contributed by atoms with Crippen LogP contribution in [0.4, 0.5) is 5.69 Å². The predicted octanol–water partition coefficient (Wildman–Crippen LogP) is 2.43. The quantitative estimate of drug-likeness (QED) is 0.671. The van der Waals surface area contributed by atoms with Gasteiger partial charge in [-0.25, -0.2) is 8.42 Å². The maximum absolute atomic E-state index is 12.6. The summed E-state index contributed by atoms with van der Waals surface area (Å²) in [5, 5.41) is 3.96. The van der Waals surface area contributed by atoms with Gasteiger partial charge in [0.05, 0.1) is 17.0 Å². The number of amides is 1. The normalized spacial score (nSPS) is 16.0. The van der Waals surface area contributed by atoms with Crippen molar-refractivity contribution in [3.63, 3.8) is 0 Å². The van der Waals surface area contributed by atoms with Crippen LogP contribution in [-0.2, 0) is 21.4 Å². The van der Waals surface area contributed by atoms with Gasteiger partial charge in [-0.15, -0.1) is 0 Å². The summed E-state index contributed by atoms with van der Waals surface area (Å²) in [6.07, 6.45) is 1.79. The maximum atomic E-state index is 12.6. The van der Waals surface area contributed by atoms with E-state index in [0.29, 0.717) is 35.4 Å². The van der Waals surface area contributed by atoms with Crippen molar-refractivity contribution in [1.82, 2.24) is 4.31 Å². The average Bonchev–Trinajstić information content (AvgIpc) is 3.20. The van der Waals surface area contributed by atoms with E-state index in [1.165, 1.54) is 16.4 Å². The molecule has 3 rings (SSSR count). The lowest BCUT2D eigenvalue weighted by Gasteiger charge is -2.16. The molecule has 1 heterocycles. The van der Waals surface area contributed by atoms with E-state index in [1.807, 2.05) is 13.1 Å². The van der Waals surface area contributed by atoms with Crippen LogP contribution in [0.3, 0.4) is 0 Å². The summed E-state index contributed by atoms with van der Waals surface area (Å²) in [4.78, 5) is 13.5. The van der Waals surface area contributed by atoms with Gasteiger partial charge in [0.15, 0.2) is 6.54 Å². The van der Waals surface area contributed by atoms with E-state index < -0.39 is 10.0 Å². The number of nitrogens with zero attached hydrogens (tertiary/aromatic N) is 1. The second-order valence-electron chi connectivity index (χ2n) is 7.23. The number of benzene rings is 2. The third-order valence-corrected chi connectivity index (χ3v) is 7.31. The lowest BCUT2D eigenvalue weighted by atomic mass is 10.2. The molecule has 2 N–H and O–H groups in total. The first-order valence-electron chi connectivity index (χ1n) is 9.41. The van der Waals surface area contributed by atoms with E-state index >= 15 is 0 Å². The van der Waals surface area contributed by atoms with Gasteiger partial charge in [-0.3, -0.25) is 4.79 Å². The summed E-state index contributed by atoms with van der Waals surface area (Å²) in [6, 6.07) is 11.6. The molecule has 2 aromatic carbocycles. The van der Waals surface area contributed by atoms with Crippen LogP contribution in [-0.4, -0.2) is 45.3 Å². The molecular weight excluding hydrogens is 433 g/mol. The van der Waals surface area contributed by atoms with Gasteiger partial charge in [-0.2, -0.15) is 4.31 Å². The van der Waals surface area contributed by atoms with Crippen molar-refractivity contribution in [3.05, 3.63) is 58.1 Å². The Morgan fingerprint density at radius 3 is 2.38 bits per heavy atom. The molecule has 0 radical (unpaired) electrons. The summed E-state index contributed by atoms with van der Waals surface area (Å²) in [6.45, 7) is 1.95. The van der Waals surface area contributed by atoms with Gasteiger partial charge in [0.25, 0.3) is 5.91 Å². The first kappa shape index (κ1) is 22.1. The second kappa shape index (κ2) is 9.45. The number of rotatable bonds is 7. The fourth-order valence-corrected chi connectivity index (χ4v) is 5.31. The van der Waals surface area contributed by atoms with Crippen LogP contribution in [0, 0.1) is 0 Å². The van der Waals surface area contributed by atoms with Gasteiger partial charge in [0.1, 0.15) is 6.54 Å². The van der Waals surface area contributed by atoms with E-state index in [-0.39, 0.29) is 17.3 Å². The van der Waals surface area contributed by atoms with Crippen molar-refractivity contribution < 1.29 is 18.1 Å². The summed E-state index contributed by atoms with van der Waals surface area (Å²) in [5.41, 5.74) is 1.48. The van der Waals surface area contributed by atoms with E-state index in [2.05, 4.69) is 5.32 Å². The molecule has 29 heavy (non-hydrogen) atoms. The number of sulfonamides is 1. The predicted molar refractivity (Wildman–Crippen MR) is 115 cm³/mol. The Labute approximate surface area is 181 Å². The molecule has 1 saturated heterocycles. The van der Waals surface area contributed by atoms with Gasteiger partial charge < -0.3 is 10.2 Å². The Morgan fingerprint density at radius 1 is 1.10 bits per heavy atom. The van der Waals surface area contributed by atoms with Crippen molar-refractivity contribution in [1.29, 1.82) is 0 Å². The minimum absolute atomic E-state index is 0.164. The van der Waals surface area contributed by atoms with Crippen molar-refractivity contribution in [3.8, 4) is 0 Å². The number of likely N-dealkylation sites (N-methyl/N-ethyl adjacent to an activating group) is 1. The first-order valence-corrected chi connectivity index (χ1v) is 11.6. The molecule has 9 heteroatoms. The molecule has 156 valence electrons. The minimum atomic E-state index is -3.45. The highest BCUT2D eigenvalue weighted by Crippen LogP contribution is 2.22. The molecule has 1 fully saturated rings. The zero-order chi connectivity index (χ0) is 21.0. The van der Waals surface area contributed by atoms with Crippen LogP contribution in [0.2, 0.25) is 10.0 Å². The number of halogens is 2. The van der Waals surface area contributed by atoms with Crippen molar-refractivity contribution in [2.75, 3.05) is 32.0 Å². The highest BCUT2D eigenvalue weighted by atomic mass is 35.5. The number of carbonyl (C=O) groups is 1. The van der Waals surface area contributed by atoms with Gasteiger partial charge in [0, 0.05) is 29.4 Å². The molecule has 1 amide bonds. The third kappa shape index (κ3) is 5.71. The monoisotopic (exact) mass is 456 g/mol. The van der Waals surface area contributed by atoms with Crippen molar-refractivity contribution in [2.24, 2.45) is 0 Å². The first-order chi connectivity index (χ1) is 13.8. The van der Waals surface area contributed by atoms with Crippen molar-refractivity contribution in [2.45, 2.75) is 24.3 Å². The van der Waals surface area contributed by atoms with Crippen LogP contribution in [0.1, 0.15) is 18.4 Å². The minimum Gasteiger partial charge on any atom is -0.326 e. The molecule has 1 unspecified atom stereocenters.